The van der Waals surface area contributed by atoms with Gasteiger partial charge in [0.15, 0.2) is 0 Å². The molecule has 0 radical (unpaired) electrons. The van der Waals surface area contributed by atoms with Gasteiger partial charge in [-0.05, 0) is 43.1 Å². The van der Waals surface area contributed by atoms with Crippen LogP contribution >= 0.6 is 0 Å². The number of benzene rings is 2. The summed E-state index contributed by atoms with van der Waals surface area (Å²) >= 11 is 0. The molecule has 0 aliphatic carbocycles. The third kappa shape index (κ3) is 4.39. The van der Waals surface area contributed by atoms with Crippen molar-refractivity contribution >= 4 is 0 Å². The second-order valence-corrected chi connectivity index (χ2v) is 6.52. The predicted molar refractivity (Wildman–Crippen MR) is 101 cm³/mol. The van der Waals surface area contributed by atoms with Crippen LogP contribution in [0.5, 0.6) is 0 Å². The molecule has 2 atom stereocenters. The first-order valence-corrected chi connectivity index (χ1v) is 9.12. The van der Waals surface area contributed by atoms with Crippen molar-refractivity contribution in [2.24, 2.45) is 0 Å². The van der Waals surface area contributed by atoms with Gasteiger partial charge in [-0.15, -0.1) is 0 Å². The van der Waals surface area contributed by atoms with Gasteiger partial charge in [0, 0.05) is 6.54 Å². The molecule has 0 unspecified atom stereocenters. The molecular formula is C22H26FNO2. The van der Waals surface area contributed by atoms with Gasteiger partial charge in [-0.3, -0.25) is 0 Å². The van der Waals surface area contributed by atoms with Crippen LogP contribution in [0.2, 0.25) is 0 Å². The Morgan fingerprint density at radius 2 is 1.92 bits per heavy atom. The molecule has 4 heteroatoms. The molecule has 2 aromatic carbocycles. The van der Waals surface area contributed by atoms with Crippen LogP contribution in [0.1, 0.15) is 24.5 Å². The highest BCUT2D eigenvalue weighted by Crippen LogP contribution is 2.38. The molecule has 2 aromatic rings. The topological polar surface area (TPSA) is 30.5 Å². The summed E-state index contributed by atoms with van der Waals surface area (Å²) in [5.74, 6) is -0.243. The van der Waals surface area contributed by atoms with Crippen molar-refractivity contribution in [1.29, 1.82) is 0 Å². The zero-order valence-corrected chi connectivity index (χ0v) is 15.2. The van der Waals surface area contributed by atoms with Crippen molar-refractivity contribution in [3.63, 3.8) is 0 Å². The Labute approximate surface area is 154 Å². The van der Waals surface area contributed by atoms with Crippen molar-refractivity contribution in [2.45, 2.75) is 31.7 Å². The largest absolute Gasteiger partial charge is 0.369 e. The van der Waals surface area contributed by atoms with Gasteiger partial charge in [0.05, 0.1) is 13.2 Å². The number of hydrogen-bond donors (Lipinski definition) is 1. The zero-order chi connectivity index (χ0) is 18.2. The molecule has 1 saturated heterocycles. The molecule has 1 fully saturated rings. The van der Waals surface area contributed by atoms with Crippen LogP contribution in [0, 0.1) is 5.82 Å². The number of halogens is 1. The Morgan fingerprint density at radius 1 is 1.15 bits per heavy atom. The summed E-state index contributed by atoms with van der Waals surface area (Å²) in [7, 11) is 0. The molecular weight excluding hydrogens is 329 g/mol. The lowest BCUT2D eigenvalue weighted by Gasteiger charge is -2.44. The van der Waals surface area contributed by atoms with E-state index in [-0.39, 0.29) is 11.9 Å². The van der Waals surface area contributed by atoms with E-state index in [9.17, 15) is 4.39 Å². The zero-order valence-electron chi connectivity index (χ0n) is 15.2. The van der Waals surface area contributed by atoms with Gasteiger partial charge in [0.2, 0.25) is 0 Å². The van der Waals surface area contributed by atoms with Crippen molar-refractivity contribution in [1.82, 2.24) is 5.32 Å². The van der Waals surface area contributed by atoms with E-state index in [1.165, 1.54) is 12.1 Å². The second-order valence-electron chi connectivity index (χ2n) is 6.52. The minimum Gasteiger partial charge on any atom is -0.369 e. The molecule has 0 saturated carbocycles. The van der Waals surface area contributed by atoms with Gasteiger partial charge in [0.25, 0.3) is 0 Å². The van der Waals surface area contributed by atoms with E-state index in [2.05, 4.69) is 17.4 Å². The van der Waals surface area contributed by atoms with Crippen LogP contribution in [-0.4, -0.2) is 25.8 Å². The lowest BCUT2D eigenvalue weighted by molar-refractivity contribution is -0.168. The quantitative estimate of drug-likeness (QED) is 0.756. The molecule has 0 spiro atoms. The summed E-state index contributed by atoms with van der Waals surface area (Å²) in [6.07, 6.45) is 4.58. The first-order chi connectivity index (χ1) is 12.7. The van der Waals surface area contributed by atoms with Crippen molar-refractivity contribution in [2.75, 3.05) is 19.7 Å². The molecule has 3 rings (SSSR count). The average Bonchev–Trinajstić information content (AvgIpc) is 2.69. The van der Waals surface area contributed by atoms with Crippen LogP contribution in [0.4, 0.5) is 4.39 Å². The van der Waals surface area contributed by atoms with E-state index in [1.54, 1.807) is 0 Å². The number of allylic oxidation sites excluding steroid dienone is 1. The summed E-state index contributed by atoms with van der Waals surface area (Å²) in [5.41, 5.74) is 1.47. The minimum atomic E-state index is -0.601. The summed E-state index contributed by atoms with van der Waals surface area (Å²) in [6, 6.07) is 16.7. The molecule has 138 valence electrons. The van der Waals surface area contributed by atoms with Gasteiger partial charge in [-0.25, -0.2) is 4.39 Å². The minimum absolute atomic E-state index is 0.151. The Morgan fingerprint density at radius 3 is 2.65 bits per heavy atom. The fourth-order valence-electron chi connectivity index (χ4n) is 3.39. The summed E-state index contributed by atoms with van der Waals surface area (Å²) in [5, 5.41) is 3.39. The molecule has 0 aromatic heterocycles. The Balaban J connectivity index is 1.89. The van der Waals surface area contributed by atoms with E-state index in [1.807, 2.05) is 49.4 Å². The molecule has 3 nitrogen and oxygen atoms in total. The van der Waals surface area contributed by atoms with E-state index < -0.39 is 5.60 Å². The Hall–Kier alpha value is -2.01. The van der Waals surface area contributed by atoms with E-state index >= 15 is 0 Å². The number of piperidine rings is 1. The van der Waals surface area contributed by atoms with Gasteiger partial charge in [-0.1, -0.05) is 54.6 Å². The first-order valence-electron chi connectivity index (χ1n) is 9.12. The van der Waals surface area contributed by atoms with Crippen molar-refractivity contribution in [3.8, 4) is 0 Å². The lowest BCUT2D eigenvalue weighted by Crippen LogP contribution is -2.54. The highest BCUT2D eigenvalue weighted by molar-refractivity contribution is 5.27. The fourth-order valence-corrected chi connectivity index (χ4v) is 3.39. The third-order valence-electron chi connectivity index (χ3n) is 4.82. The standard InChI is InChI=1S/C22H26FNO2/c1-2-3-15-25-21-16-24-14-13-22(21,19-9-11-20(23)12-10-19)26-17-18-7-5-4-6-8-18/h2-12,21,24H,13-17H2,1H3/b3-2+/t21-,22-/m0/s1. The molecule has 1 aliphatic rings. The van der Waals surface area contributed by atoms with E-state index in [0.29, 0.717) is 19.8 Å². The highest BCUT2D eigenvalue weighted by atomic mass is 19.1. The third-order valence-corrected chi connectivity index (χ3v) is 4.82. The van der Waals surface area contributed by atoms with E-state index in [0.717, 1.165) is 24.1 Å². The van der Waals surface area contributed by atoms with Crippen LogP contribution < -0.4 is 5.32 Å². The van der Waals surface area contributed by atoms with Crippen LogP contribution in [0.25, 0.3) is 0 Å². The molecule has 0 bridgehead atoms. The number of hydrogen-bond acceptors (Lipinski definition) is 3. The number of rotatable bonds is 7. The summed E-state index contributed by atoms with van der Waals surface area (Å²) in [4.78, 5) is 0. The summed E-state index contributed by atoms with van der Waals surface area (Å²) < 4.78 is 26.1. The normalized spacial score (nSPS) is 23.4. The van der Waals surface area contributed by atoms with Gasteiger partial charge < -0.3 is 14.8 Å². The maximum Gasteiger partial charge on any atom is 0.123 e. The molecule has 1 heterocycles. The maximum absolute atomic E-state index is 13.5. The van der Waals surface area contributed by atoms with E-state index in [4.69, 9.17) is 9.47 Å². The SMILES string of the molecule is C/C=C/CO[C@H]1CNCC[C@]1(OCc1ccccc1)c1ccc(F)cc1. The monoisotopic (exact) mass is 355 g/mol. The molecule has 0 amide bonds. The van der Waals surface area contributed by atoms with Crippen LogP contribution in [-0.2, 0) is 21.7 Å². The highest BCUT2D eigenvalue weighted by Gasteiger charge is 2.44. The van der Waals surface area contributed by atoms with Gasteiger partial charge in [0.1, 0.15) is 17.5 Å². The second kappa shape index (κ2) is 9.08. The fraction of sp³-hybridized carbons (Fsp3) is 0.364. The Bertz CT molecular complexity index is 702. The van der Waals surface area contributed by atoms with Crippen LogP contribution in [0.3, 0.4) is 0 Å². The predicted octanol–water partition coefficient (Wildman–Crippen LogP) is 4.19. The molecule has 1 aliphatic heterocycles. The van der Waals surface area contributed by atoms with Crippen molar-refractivity contribution in [3.05, 3.63) is 83.7 Å². The molecule has 26 heavy (non-hydrogen) atoms. The van der Waals surface area contributed by atoms with Crippen molar-refractivity contribution < 1.29 is 13.9 Å². The lowest BCUT2D eigenvalue weighted by atomic mass is 9.82. The summed E-state index contributed by atoms with van der Waals surface area (Å²) in [6.45, 7) is 4.52. The van der Waals surface area contributed by atoms with Gasteiger partial charge >= 0.3 is 0 Å². The smallest absolute Gasteiger partial charge is 0.123 e. The molecule has 1 N–H and O–H groups in total. The van der Waals surface area contributed by atoms with Gasteiger partial charge in [-0.2, -0.15) is 0 Å². The number of nitrogens with one attached hydrogen (secondary N) is 1. The average molecular weight is 355 g/mol. The first kappa shape index (κ1) is 18.8. The maximum atomic E-state index is 13.5. The number of ether oxygens (including phenoxy) is 2. The van der Waals surface area contributed by atoms with Crippen LogP contribution in [0.15, 0.2) is 66.7 Å². The Kier molecular flexibility index (Phi) is 6.56.